The fraction of sp³-hybridized carbons (Fsp3) is 0.600. The molecule has 0 N–H and O–H groups in total. The van der Waals surface area contributed by atoms with Gasteiger partial charge in [-0.2, -0.15) is 0 Å². The topological polar surface area (TPSA) is 33.2 Å². The van der Waals surface area contributed by atoms with E-state index in [1.54, 1.807) is 18.3 Å². The number of rotatable bonds is 2. The molecule has 0 saturated carbocycles. The molecule has 2 heterocycles. The number of carbonyl (C=O) groups is 1. The van der Waals surface area contributed by atoms with Gasteiger partial charge >= 0.3 is 0 Å². The average Bonchev–Trinajstić information content (AvgIpc) is 2.63. The first-order chi connectivity index (χ1) is 9.08. The number of likely N-dealkylation sites (tertiary alicyclic amines) is 1. The lowest BCUT2D eigenvalue weighted by Crippen LogP contribution is -2.32. The molecule has 0 aliphatic carbocycles. The first-order valence-corrected chi connectivity index (χ1v) is 7.78. The lowest BCUT2D eigenvalue weighted by molar-refractivity contribution is 0.0758. The molecule has 1 aromatic rings. The molecule has 0 radical (unpaired) electrons. The van der Waals surface area contributed by atoms with Crippen LogP contribution in [0.25, 0.3) is 0 Å². The molecule has 3 nitrogen and oxygen atoms in total. The molecular formula is C15H21BrN2O. The summed E-state index contributed by atoms with van der Waals surface area (Å²) >= 11 is 3.32. The summed E-state index contributed by atoms with van der Waals surface area (Å²) in [6.45, 7) is 6.31. The van der Waals surface area contributed by atoms with Crippen LogP contribution in [0.3, 0.4) is 0 Å². The molecule has 1 unspecified atom stereocenters. The molecule has 1 atom stereocenters. The summed E-state index contributed by atoms with van der Waals surface area (Å²) in [7, 11) is 0. The summed E-state index contributed by atoms with van der Waals surface area (Å²) < 4.78 is 0.716. The lowest BCUT2D eigenvalue weighted by atomic mass is 9.89. The van der Waals surface area contributed by atoms with Gasteiger partial charge in [0.05, 0.1) is 0 Å². The summed E-state index contributed by atoms with van der Waals surface area (Å²) in [6, 6.07) is 3.59. The first-order valence-electron chi connectivity index (χ1n) is 6.98. The minimum atomic E-state index is 0.132. The normalized spacial score (nSPS) is 20.4. The number of pyridine rings is 1. The first kappa shape index (κ1) is 14.5. The van der Waals surface area contributed by atoms with Gasteiger partial charge in [0.25, 0.3) is 5.91 Å². The van der Waals surface area contributed by atoms with Gasteiger partial charge in [0, 0.05) is 24.8 Å². The predicted molar refractivity (Wildman–Crippen MR) is 80.0 cm³/mol. The van der Waals surface area contributed by atoms with Crippen LogP contribution in [0.1, 0.15) is 43.5 Å². The summed E-state index contributed by atoms with van der Waals surface area (Å²) in [5.74, 6) is 1.60. The summed E-state index contributed by atoms with van der Waals surface area (Å²) in [5.41, 5.74) is 0.727. The van der Waals surface area contributed by atoms with E-state index in [1.165, 1.54) is 6.42 Å². The van der Waals surface area contributed by atoms with Crippen LogP contribution in [0.4, 0.5) is 0 Å². The SMILES string of the molecule is CC(C)C1CCCN(C(=O)c2ccnc(Br)c2)CC1. The zero-order valence-corrected chi connectivity index (χ0v) is 13.2. The van der Waals surface area contributed by atoms with Crippen molar-refractivity contribution in [3.63, 3.8) is 0 Å². The molecular weight excluding hydrogens is 304 g/mol. The van der Waals surface area contributed by atoms with E-state index in [0.29, 0.717) is 10.5 Å². The van der Waals surface area contributed by atoms with E-state index in [2.05, 4.69) is 34.8 Å². The number of hydrogen-bond donors (Lipinski definition) is 0. The fourth-order valence-corrected chi connectivity index (χ4v) is 3.07. The molecule has 4 heteroatoms. The molecule has 19 heavy (non-hydrogen) atoms. The van der Waals surface area contributed by atoms with Gasteiger partial charge in [-0.1, -0.05) is 13.8 Å². The van der Waals surface area contributed by atoms with Crippen LogP contribution in [0.5, 0.6) is 0 Å². The van der Waals surface area contributed by atoms with E-state index < -0.39 is 0 Å². The smallest absolute Gasteiger partial charge is 0.254 e. The minimum absolute atomic E-state index is 0.132. The molecule has 1 fully saturated rings. The zero-order valence-electron chi connectivity index (χ0n) is 11.6. The van der Waals surface area contributed by atoms with Gasteiger partial charge in [-0.25, -0.2) is 4.98 Å². The molecule has 104 valence electrons. The lowest BCUT2D eigenvalue weighted by Gasteiger charge is -2.21. The maximum absolute atomic E-state index is 12.5. The van der Waals surface area contributed by atoms with Crippen LogP contribution in [-0.4, -0.2) is 28.9 Å². The standard InChI is InChI=1S/C15H21BrN2O/c1-11(2)12-4-3-8-18(9-6-12)15(19)13-5-7-17-14(16)10-13/h5,7,10-12H,3-4,6,8-9H2,1-2H3. The number of carbonyl (C=O) groups excluding carboxylic acids is 1. The molecule has 0 spiro atoms. The van der Waals surface area contributed by atoms with Crippen LogP contribution in [0.2, 0.25) is 0 Å². The third kappa shape index (κ3) is 3.78. The van der Waals surface area contributed by atoms with Crippen molar-refractivity contribution in [2.45, 2.75) is 33.1 Å². The quantitative estimate of drug-likeness (QED) is 0.776. The van der Waals surface area contributed by atoms with Gasteiger partial charge in [-0.3, -0.25) is 4.79 Å². The van der Waals surface area contributed by atoms with E-state index >= 15 is 0 Å². The molecule has 1 aromatic heterocycles. The van der Waals surface area contributed by atoms with E-state index in [1.807, 2.05) is 4.90 Å². The summed E-state index contributed by atoms with van der Waals surface area (Å²) in [4.78, 5) is 18.5. The Morgan fingerprint density at radius 2 is 2.21 bits per heavy atom. The van der Waals surface area contributed by atoms with Crippen LogP contribution in [0, 0.1) is 11.8 Å². The summed E-state index contributed by atoms with van der Waals surface area (Å²) in [5, 5.41) is 0. The monoisotopic (exact) mass is 324 g/mol. The second-order valence-corrected chi connectivity index (χ2v) is 6.41. The maximum atomic E-state index is 12.5. The van der Waals surface area contributed by atoms with Crippen LogP contribution < -0.4 is 0 Å². The van der Waals surface area contributed by atoms with Crippen LogP contribution >= 0.6 is 15.9 Å². The predicted octanol–water partition coefficient (Wildman–Crippen LogP) is 3.74. The van der Waals surface area contributed by atoms with Crippen molar-refractivity contribution in [3.8, 4) is 0 Å². The van der Waals surface area contributed by atoms with Gasteiger partial charge in [0.15, 0.2) is 0 Å². The Bertz CT molecular complexity index is 448. The number of amides is 1. The van der Waals surface area contributed by atoms with E-state index in [0.717, 1.165) is 37.4 Å². The highest BCUT2D eigenvalue weighted by atomic mass is 79.9. The Hall–Kier alpha value is -0.900. The van der Waals surface area contributed by atoms with Gasteiger partial charge in [-0.15, -0.1) is 0 Å². The van der Waals surface area contributed by atoms with E-state index in [9.17, 15) is 4.79 Å². The largest absolute Gasteiger partial charge is 0.339 e. The third-order valence-electron chi connectivity index (χ3n) is 3.98. The van der Waals surface area contributed by atoms with E-state index in [4.69, 9.17) is 0 Å². The number of aromatic nitrogens is 1. The Morgan fingerprint density at radius 1 is 1.42 bits per heavy atom. The molecule has 1 amide bonds. The molecule has 1 aliphatic heterocycles. The van der Waals surface area contributed by atoms with Crippen molar-refractivity contribution >= 4 is 21.8 Å². The zero-order chi connectivity index (χ0) is 13.8. The van der Waals surface area contributed by atoms with Gasteiger partial charge in [0.1, 0.15) is 4.60 Å². The Kier molecular flexibility index (Phi) is 4.97. The van der Waals surface area contributed by atoms with Crippen LogP contribution in [0.15, 0.2) is 22.9 Å². The second-order valence-electron chi connectivity index (χ2n) is 5.59. The van der Waals surface area contributed by atoms with Crippen LogP contribution in [-0.2, 0) is 0 Å². The highest BCUT2D eigenvalue weighted by molar-refractivity contribution is 9.10. The Morgan fingerprint density at radius 3 is 2.89 bits per heavy atom. The number of nitrogens with zero attached hydrogens (tertiary/aromatic N) is 2. The van der Waals surface area contributed by atoms with Gasteiger partial charge < -0.3 is 4.90 Å². The van der Waals surface area contributed by atoms with Crippen molar-refractivity contribution in [3.05, 3.63) is 28.5 Å². The Labute approximate surface area is 123 Å². The summed E-state index contributed by atoms with van der Waals surface area (Å²) in [6.07, 6.45) is 5.14. The molecule has 0 bridgehead atoms. The van der Waals surface area contributed by atoms with Gasteiger partial charge in [0.2, 0.25) is 0 Å². The second kappa shape index (κ2) is 6.51. The van der Waals surface area contributed by atoms with Gasteiger partial charge in [-0.05, 0) is 59.2 Å². The number of hydrogen-bond acceptors (Lipinski definition) is 2. The Balaban J connectivity index is 2.04. The van der Waals surface area contributed by atoms with Crippen molar-refractivity contribution < 1.29 is 4.79 Å². The van der Waals surface area contributed by atoms with Crippen molar-refractivity contribution in [1.29, 1.82) is 0 Å². The van der Waals surface area contributed by atoms with Crippen molar-refractivity contribution in [1.82, 2.24) is 9.88 Å². The highest BCUT2D eigenvalue weighted by Gasteiger charge is 2.23. The van der Waals surface area contributed by atoms with Crippen molar-refractivity contribution in [2.75, 3.05) is 13.1 Å². The highest BCUT2D eigenvalue weighted by Crippen LogP contribution is 2.25. The number of halogens is 1. The molecule has 1 aliphatic rings. The average molecular weight is 325 g/mol. The van der Waals surface area contributed by atoms with E-state index in [-0.39, 0.29) is 5.91 Å². The third-order valence-corrected chi connectivity index (χ3v) is 4.41. The molecule has 2 rings (SSSR count). The molecule has 1 saturated heterocycles. The fourth-order valence-electron chi connectivity index (χ4n) is 2.71. The van der Waals surface area contributed by atoms with Crippen molar-refractivity contribution in [2.24, 2.45) is 11.8 Å². The minimum Gasteiger partial charge on any atom is -0.339 e. The maximum Gasteiger partial charge on any atom is 0.254 e. The molecule has 0 aromatic carbocycles.